The van der Waals surface area contributed by atoms with Crippen molar-refractivity contribution in [2.45, 2.75) is 26.3 Å². The highest BCUT2D eigenvalue weighted by Gasteiger charge is 2.15. The second-order valence-electron chi connectivity index (χ2n) is 6.16. The molecule has 0 amide bonds. The fourth-order valence-electron chi connectivity index (χ4n) is 2.11. The van der Waals surface area contributed by atoms with E-state index in [9.17, 15) is 0 Å². The smallest absolute Gasteiger partial charge is 0.231 e. The Kier molecular flexibility index (Phi) is 6.61. The Hall–Kier alpha value is -1.63. The normalized spacial score (nSPS) is 12.6. The van der Waals surface area contributed by atoms with Crippen LogP contribution < -0.4 is 15.5 Å². The van der Waals surface area contributed by atoms with Gasteiger partial charge in [-0.05, 0) is 26.4 Å². The summed E-state index contributed by atoms with van der Waals surface area (Å²) in [5.74, 6) is 2.45. The van der Waals surface area contributed by atoms with Crippen LogP contribution in [0.2, 0.25) is 0 Å². The van der Waals surface area contributed by atoms with Crippen LogP contribution >= 0.6 is 0 Å². The molecule has 0 saturated carbocycles. The predicted molar refractivity (Wildman–Crippen MR) is 89.1 cm³/mol. The summed E-state index contributed by atoms with van der Waals surface area (Å²) in [6.07, 6.45) is 1.07. The highest BCUT2D eigenvalue weighted by atomic mass is 15.3. The molecule has 1 unspecified atom stereocenters. The van der Waals surface area contributed by atoms with Crippen molar-refractivity contribution in [1.29, 1.82) is 0 Å². The van der Waals surface area contributed by atoms with E-state index in [1.54, 1.807) is 0 Å². The molecule has 0 spiro atoms. The Balaban J connectivity index is 2.93. The van der Waals surface area contributed by atoms with Gasteiger partial charge in [-0.1, -0.05) is 13.8 Å². The maximum Gasteiger partial charge on any atom is 0.231 e. The number of likely N-dealkylation sites (N-methyl/N-ethyl adjacent to an activating group) is 1. The van der Waals surface area contributed by atoms with Crippen LogP contribution in [0.3, 0.4) is 0 Å². The Morgan fingerprint density at radius 2 is 1.62 bits per heavy atom. The first-order valence-corrected chi connectivity index (χ1v) is 7.34. The molecule has 1 heterocycles. The molecule has 0 aliphatic rings. The molecule has 2 N–H and O–H groups in total. The first-order valence-electron chi connectivity index (χ1n) is 7.34. The molecule has 120 valence electrons. The molecular formula is C14H29N7. The molecule has 0 aliphatic carbocycles. The van der Waals surface area contributed by atoms with E-state index in [-0.39, 0.29) is 0 Å². The van der Waals surface area contributed by atoms with Gasteiger partial charge in [0.05, 0.1) is 0 Å². The van der Waals surface area contributed by atoms with Gasteiger partial charge in [0.25, 0.3) is 0 Å². The molecule has 0 aliphatic heterocycles. The average molecular weight is 295 g/mol. The van der Waals surface area contributed by atoms with Gasteiger partial charge in [-0.2, -0.15) is 15.0 Å². The van der Waals surface area contributed by atoms with Crippen LogP contribution in [-0.4, -0.2) is 67.7 Å². The third kappa shape index (κ3) is 6.12. The lowest BCUT2D eigenvalue weighted by atomic mass is 10.0. The SMILES string of the molecule is CNc1nc(NC(CC(C)C)CN(C)C)nc(N(C)C)n1. The van der Waals surface area contributed by atoms with E-state index in [4.69, 9.17) is 0 Å². The standard InChI is InChI=1S/C14H29N7/c1-10(2)8-11(9-20(4)5)16-13-17-12(15-3)18-14(19-13)21(6)7/h10-11H,8-9H2,1-7H3,(H2,15,16,17,18,19). The largest absolute Gasteiger partial charge is 0.357 e. The number of aromatic nitrogens is 3. The van der Waals surface area contributed by atoms with E-state index in [1.807, 2.05) is 26.0 Å². The van der Waals surface area contributed by atoms with Gasteiger partial charge in [-0.3, -0.25) is 0 Å². The number of nitrogens with zero attached hydrogens (tertiary/aromatic N) is 5. The highest BCUT2D eigenvalue weighted by molar-refractivity contribution is 5.43. The summed E-state index contributed by atoms with van der Waals surface area (Å²) < 4.78 is 0. The summed E-state index contributed by atoms with van der Waals surface area (Å²) in [6.45, 7) is 5.39. The molecule has 0 bridgehead atoms. The van der Waals surface area contributed by atoms with Crippen molar-refractivity contribution in [3.05, 3.63) is 0 Å². The van der Waals surface area contributed by atoms with Crippen LogP contribution in [0.4, 0.5) is 17.8 Å². The first kappa shape index (κ1) is 17.4. The van der Waals surface area contributed by atoms with Crippen molar-refractivity contribution in [1.82, 2.24) is 19.9 Å². The molecular weight excluding hydrogens is 266 g/mol. The zero-order valence-corrected chi connectivity index (χ0v) is 14.3. The van der Waals surface area contributed by atoms with E-state index < -0.39 is 0 Å². The number of anilines is 3. The Labute approximate surface area is 128 Å². The molecule has 7 heteroatoms. The summed E-state index contributed by atoms with van der Waals surface area (Å²) in [7, 11) is 9.80. The molecule has 21 heavy (non-hydrogen) atoms. The molecule has 0 fully saturated rings. The van der Waals surface area contributed by atoms with E-state index in [0.717, 1.165) is 13.0 Å². The van der Waals surface area contributed by atoms with Gasteiger partial charge in [-0.15, -0.1) is 0 Å². The number of rotatable bonds is 8. The Morgan fingerprint density at radius 1 is 1.00 bits per heavy atom. The molecule has 0 saturated heterocycles. The van der Waals surface area contributed by atoms with Gasteiger partial charge in [0.1, 0.15) is 0 Å². The lowest BCUT2D eigenvalue weighted by Gasteiger charge is -2.24. The minimum absolute atomic E-state index is 0.308. The summed E-state index contributed by atoms with van der Waals surface area (Å²) in [6, 6.07) is 0.308. The van der Waals surface area contributed by atoms with Crippen molar-refractivity contribution in [2.75, 3.05) is 57.3 Å². The molecule has 1 aromatic rings. The minimum Gasteiger partial charge on any atom is -0.357 e. The highest BCUT2D eigenvalue weighted by Crippen LogP contribution is 2.14. The number of hydrogen-bond acceptors (Lipinski definition) is 7. The van der Waals surface area contributed by atoms with Crippen LogP contribution in [0.25, 0.3) is 0 Å². The van der Waals surface area contributed by atoms with Crippen molar-refractivity contribution < 1.29 is 0 Å². The van der Waals surface area contributed by atoms with Crippen LogP contribution in [0.5, 0.6) is 0 Å². The quantitative estimate of drug-likeness (QED) is 0.750. The monoisotopic (exact) mass is 295 g/mol. The van der Waals surface area contributed by atoms with Crippen molar-refractivity contribution in [2.24, 2.45) is 5.92 Å². The van der Waals surface area contributed by atoms with Crippen LogP contribution in [0, 0.1) is 5.92 Å². The van der Waals surface area contributed by atoms with Crippen LogP contribution in [0.15, 0.2) is 0 Å². The number of nitrogens with one attached hydrogen (secondary N) is 2. The second-order valence-corrected chi connectivity index (χ2v) is 6.16. The van der Waals surface area contributed by atoms with Crippen LogP contribution in [-0.2, 0) is 0 Å². The first-order chi connectivity index (χ1) is 9.81. The van der Waals surface area contributed by atoms with Crippen LogP contribution in [0.1, 0.15) is 20.3 Å². The van der Waals surface area contributed by atoms with Crippen molar-refractivity contribution >= 4 is 17.8 Å². The third-order valence-corrected chi connectivity index (χ3v) is 2.92. The molecule has 1 rings (SSSR count). The molecule has 1 aromatic heterocycles. The second kappa shape index (κ2) is 7.97. The van der Waals surface area contributed by atoms with Crippen molar-refractivity contribution in [3.63, 3.8) is 0 Å². The van der Waals surface area contributed by atoms with Gasteiger partial charge in [0.15, 0.2) is 0 Å². The third-order valence-electron chi connectivity index (χ3n) is 2.92. The van der Waals surface area contributed by atoms with Gasteiger partial charge in [0, 0.05) is 33.7 Å². The summed E-state index contributed by atoms with van der Waals surface area (Å²) in [5.41, 5.74) is 0. The summed E-state index contributed by atoms with van der Waals surface area (Å²) in [5, 5.41) is 6.42. The van der Waals surface area contributed by atoms with Gasteiger partial charge in [0.2, 0.25) is 17.8 Å². The van der Waals surface area contributed by atoms with E-state index >= 15 is 0 Å². The molecule has 7 nitrogen and oxygen atoms in total. The zero-order chi connectivity index (χ0) is 16.0. The average Bonchev–Trinajstić information content (AvgIpc) is 2.36. The fourth-order valence-corrected chi connectivity index (χ4v) is 2.11. The van der Waals surface area contributed by atoms with Crippen molar-refractivity contribution in [3.8, 4) is 0 Å². The predicted octanol–water partition coefficient (Wildman–Crippen LogP) is 1.37. The topological polar surface area (TPSA) is 69.2 Å². The Bertz CT molecular complexity index is 421. The minimum atomic E-state index is 0.308. The fraction of sp³-hybridized carbons (Fsp3) is 0.786. The van der Waals surface area contributed by atoms with Gasteiger partial charge >= 0.3 is 0 Å². The Morgan fingerprint density at radius 3 is 2.10 bits per heavy atom. The zero-order valence-electron chi connectivity index (χ0n) is 14.3. The lowest BCUT2D eigenvalue weighted by Crippen LogP contribution is -2.34. The maximum absolute atomic E-state index is 4.47. The van der Waals surface area contributed by atoms with Gasteiger partial charge < -0.3 is 20.4 Å². The number of hydrogen-bond donors (Lipinski definition) is 2. The lowest BCUT2D eigenvalue weighted by molar-refractivity contribution is 0.355. The summed E-state index contributed by atoms with van der Waals surface area (Å²) >= 11 is 0. The van der Waals surface area contributed by atoms with Gasteiger partial charge in [-0.25, -0.2) is 0 Å². The molecule has 1 atom stereocenters. The summed E-state index contributed by atoms with van der Waals surface area (Å²) in [4.78, 5) is 17.2. The van der Waals surface area contributed by atoms with E-state index in [2.05, 4.69) is 58.4 Å². The maximum atomic E-state index is 4.47. The van der Waals surface area contributed by atoms with E-state index in [1.165, 1.54) is 0 Å². The molecule has 0 aromatic carbocycles. The van der Waals surface area contributed by atoms with E-state index in [0.29, 0.717) is 29.8 Å². The molecule has 0 radical (unpaired) electrons.